The molecule has 0 aromatic carbocycles. The summed E-state index contributed by atoms with van der Waals surface area (Å²) in [5.74, 6) is -0.0442. The molecule has 0 radical (unpaired) electrons. The van der Waals surface area contributed by atoms with Gasteiger partial charge in [0.1, 0.15) is 11.7 Å². The summed E-state index contributed by atoms with van der Waals surface area (Å²) in [6.45, 7) is 16.0. The van der Waals surface area contributed by atoms with Crippen LogP contribution in [0.3, 0.4) is 0 Å². The first-order chi connectivity index (χ1) is 17.3. The van der Waals surface area contributed by atoms with Gasteiger partial charge in [-0.3, -0.25) is 4.79 Å². The molecule has 0 amide bonds. The number of allylic oxidation sites excluding steroid dienone is 1. The number of esters is 1. The molecule has 204 valence electrons. The Bertz CT molecular complexity index is 1120. The molecule has 6 nitrogen and oxygen atoms in total. The van der Waals surface area contributed by atoms with E-state index in [2.05, 4.69) is 27.4 Å². The van der Waals surface area contributed by atoms with Gasteiger partial charge in [-0.1, -0.05) is 32.9 Å². The van der Waals surface area contributed by atoms with Crippen LogP contribution in [0.15, 0.2) is 12.2 Å². The molecule has 3 aliphatic heterocycles. The minimum absolute atomic E-state index is 0.0406. The van der Waals surface area contributed by atoms with Gasteiger partial charge in [-0.15, -0.1) is 0 Å². The fourth-order valence-electron chi connectivity index (χ4n) is 12.2. The van der Waals surface area contributed by atoms with Crippen molar-refractivity contribution in [2.75, 3.05) is 6.61 Å². The van der Waals surface area contributed by atoms with Gasteiger partial charge >= 0.3 is 5.97 Å². The zero-order valence-electron chi connectivity index (χ0n) is 23.2. The van der Waals surface area contributed by atoms with Crippen LogP contribution in [0, 0.1) is 39.4 Å². The van der Waals surface area contributed by atoms with Crippen molar-refractivity contribution in [1.29, 1.82) is 0 Å². The van der Waals surface area contributed by atoms with E-state index in [-0.39, 0.29) is 57.8 Å². The molecule has 12 atom stereocenters. The molecule has 3 saturated heterocycles. The number of carbonyl (C=O) groups excluding carboxylic acids is 1. The van der Waals surface area contributed by atoms with Crippen molar-refractivity contribution in [3.63, 3.8) is 0 Å². The van der Waals surface area contributed by atoms with Crippen LogP contribution >= 0.6 is 0 Å². The summed E-state index contributed by atoms with van der Waals surface area (Å²) < 4.78 is 25.9. The molecular formula is C31H44O6. The highest BCUT2D eigenvalue weighted by Gasteiger charge is 2.89. The average Bonchev–Trinajstić information content (AvgIpc) is 3.58. The fourth-order valence-corrected chi connectivity index (χ4v) is 12.2. The second kappa shape index (κ2) is 6.50. The van der Waals surface area contributed by atoms with E-state index in [0.717, 1.165) is 57.8 Å². The van der Waals surface area contributed by atoms with Gasteiger partial charge in [0.15, 0.2) is 11.4 Å². The fraction of sp³-hybridized carbons (Fsp3) is 0.903. The monoisotopic (exact) mass is 512 g/mol. The Morgan fingerprint density at radius 3 is 2.54 bits per heavy atom. The second-order valence-electron chi connectivity index (χ2n) is 15.5. The quantitative estimate of drug-likeness (QED) is 0.282. The highest BCUT2D eigenvalue weighted by molar-refractivity contribution is 5.82. The first-order valence-corrected chi connectivity index (χ1v) is 14.9. The van der Waals surface area contributed by atoms with Gasteiger partial charge in [-0.25, -0.2) is 0 Å². The first kappa shape index (κ1) is 23.9. The summed E-state index contributed by atoms with van der Waals surface area (Å²) in [7, 11) is 0. The molecule has 0 aromatic rings. The number of carbonyl (C=O) groups is 1. The molecule has 5 saturated carbocycles. The highest BCUT2D eigenvalue weighted by atomic mass is 16.7. The SMILES string of the molecule is C=C1CC[C@@]23CC[C@]4(C)[C@](OC2=O)([C@H]2O[C@H]2[C@@H]2[C@@]5(C)CC[C@@H]6OC(C)(C)OC[C@@]6(O)[C@H]5CC[C@]24C)[C@H]3C1. The lowest BCUT2D eigenvalue weighted by Gasteiger charge is -2.72. The van der Waals surface area contributed by atoms with Crippen molar-refractivity contribution in [1.82, 2.24) is 0 Å². The Kier molecular flexibility index (Phi) is 4.20. The van der Waals surface area contributed by atoms with Crippen LogP contribution in [0.4, 0.5) is 0 Å². The number of hydrogen-bond acceptors (Lipinski definition) is 6. The Morgan fingerprint density at radius 2 is 1.76 bits per heavy atom. The third-order valence-corrected chi connectivity index (χ3v) is 14.1. The van der Waals surface area contributed by atoms with E-state index in [0.29, 0.717) is 12.5 Å². The van der Waals surface area contributed by atoms with Crippen LogP contribution in [-0.2, 0) is 23.7 Å². The van der Waals surface area contributed by atoms with Crippen LogP contribution in [0.25, 0.3) is 0 Å². The van der Waals surface area contributed by atoms with Gasteiger partial charge in [0, 0.05) is 11.3 Å². The van der Waals surface area contributed by atoms with Crippen molar-refractivity contribution in [3.05, 3.63) is 12.2 Å². The maximum Gasteiger partial charge on any atom is 0.313 e. The normalized spacial score (nSPS) is 62.6. The molecule has 8 rings (SSSR count). The minimum atomic E-state index is -0.979. The molecule has 0 unspecified atom stereocenters. The van der Waals surface area contributed by atoms with Crippen LogP contribution in [-0.4, -0.2) is 53.0 Å². The number of ether oxygens (including phenoxy) is 4. The molecule has 6 heteroatoms. The predicted octanol–water partition coefficient (Wildman–Crippen LogP) is 4.92. The summed E-state index contributed by atoms with van der Waals surface area (Å²) in [5.41, 5.74) is -0.933. The summed E-state index contributed by atoms with van der Waals surface area (Å²) in [6.07, 6.45) is 8.26. The lowest BCUT2D eigenvalue weighted by Crippen LogP contribution is -2.76. The summed E-state index contributed by atoms with van der Waals surface area (Å²) in [4.78, 5) is 13.7. The van der Waals surface area contributed by atoms with E-state index in [9.17, 15) is 9.90 Å². The lowest BCUT2D eigenvalue weighted by atomic mass is 9.31. The molecular weight excluding hydrogens is 468 g/mol. The molecule has 2 bridgehead atoms. The van der Waals surface area contributed by atoms with E-state index < -0.39 is 17.0 Å². The second-order valence-corrected chi connectivity index (χ2v) is 15.5. The van der Waals surface area contributed by atoms with Crippen LogP contribution in [0.1, 0.15) is 92.4 Å². The highest BCUT2D eigenvalue weighted by Crippen LogP contribution is 2.83. The maximum atomic E-state index is 13.7. The third kappa shape index (κ3) is 2.37. The third-order valence-electron chi connectivity index (χ3n) is 14.1. The van der Waals surface area contributed by atoms with Gasteiger partial charge in [0.2, 0.25) is 0 Å². The van der Waals surface area contributed by atoms with E-state index in [1.807, 2.05) is 13.8 Å². The number of epoxide rings is 1. The molecule has 8 aliphatic rings. The standard InChI is InChI=1S/C31H44O6/c1-17-7-12-29-14-13-28(6)27(5)11-8-18-26(4,10-9-20-30(18,33)16-34-25(2,3)36-20)22(27)21-23(35-21)31(28,19(29)15-17)37-24(29)32/h18-23,33H,1,7-16H2,2-6H3/t18-,19-,20-,21-,22+,23-,26-,27+,28-,29-,30+,31+/m0/s1. The minimum Gasteiger partial charge on any atom is -0.455 e. The van der Waals surface area contributed by atoms with Crippen molar-refractivity contribution in [2.45, 2.75) is 128 Å². The van der Waals surface area contributed by atoms with E-state index in [1.165, 1.54) is 5.57 Å². The van der Waals surface area contributed by atoms with Crippen LogP contribution in [0.5, 0.6) is 0 Å². The Hall–Kier alpha value is -0.950. The van der Waals surface area contributed by atoms with E-state index in [4.69, 9.17) is 18.9 Å². The zero-order valence-corrected chi connectivity index (χ0v) is 23.2. The zero-order chi connectivity index (χ0) is 26.0. The topological polar surface area (TPSA) is 77.5 Å². The number of hydrogen-bond donors (Lipinski definition) is 1. The van der Waals surface area contributed by atoms with Gasteiger partial charge in [0.05, 0.1) is 24.2 Å². The summed E-state index contributed by atoms with van der Waals surface area (Å²) in [6, 6.07) is 0. The molecule has 3 heterocycles. The smallest absolute Gasteiger partial charge is 0.313 e. The van der Waals surface area contributed by atoms with E-state index in [1.54, 1.807) is 0 Å². The molecule has 37 heavy (non-hydrogen) atoms. The van der Waals surface area contributed by atoms with Crippen molar-refractivity contribution in [2.24, 2.45) is 39.4 Å². The van der Waals surface area contributed by atoms with Gasteiger partial charge in [-0.2, -0.15) is 0 Å². The molecule has 1 N–H and O–H groups in total. The molecule has 1 spiro atoms. The van der Waals surface area contributed by atoms with Crippen molar-refractivity contribution in [3.8, 4) is 0 Å². The number of fused-ring (bicyclic) bond motifs is 8. The van der Waals surface area contributed by atoms with Crippen LogP contribution < -0.4 is 0 Å². The number of rotatable bonds is 0. The molecule has 0 aromatic heterocycles. The predicted molar refractivity (Wildman–Crippen MR) is 135 cm³/mol. The Morgan fingerprint density at radius 1 is 0.973 bits per heavy atom. The van der Waals surface area contributed by atoms with Gasteiger partial charge in [0.25, 0.3) is 0 Å². The number of aliphatic hydroxyl groups is 1. The maximum absolute atomic E-state index is 13.7. The Labute approximate surface area is 220 Å². The largest absolute Gasteiger partial charge is 0.455 e. The Balaban J connectivity index is 1.23. The summed E-state index contributed by atoms with van der Waals surface area (Å²) in [5, 5.41) is 12.2. The van der Waals surface area contributed by atoms with Gasteiger partial charge < -0.3 is 24.1 Å². The summed E-state index contributed by atoms with van der Waals surface area (Å²) >= 11 is 0. The van der Waals surface area contributed by atoms with Crippen LogP contribution in [0.2, 0.25) is 0 Å². The lowest BCUT2D eigenvalue weighted by molar-refractivity contribution is -0.374. The van der Waals surface area contributed by atoms with Crippen molar-refractivity contribution < 1.29 is 28.8 Å². The average molecular weight is 513 g/mol. The molecule has 8 fully saturated rings. The first-order valence-electron chi connectivity index (χ1n) is 14.9. The molecule has 5 aliphatic carbocycles. The van der Waals surface area contributed by atoms with Crippen molar-refractivity contribution >= 4 is 5.97 Å². The van der Waals surface area contributed by atoms with E-state index >= 15 is 0 Å². The van der Waals surface area contributed by atoms with Gasteiger partial charge in [-0.05, 0) is 94.3 Å².